The summed E-state index contributed by atoms with van der Waals surface area (Å²) in [5, 5.41) is 20.4. The van der Waals surface area contributed by atoms with Gasteiger partial charge >= 0.3 is 0 Å². The molecule has 24 heavy (non-hydrogen) atoms. The number of carbonyl (C=O) groups is 2. The van der Waals surface area contributed by atoms with Crippen LogP contribution in [0.5, 0.6) is 5.75 Å². The molecule has 0 N–H and O–H groups in total. The summed E-state index contributed by atoms with van der Waals surface area (Å²) in [5.74, 6) is -2.43. The van der Waals surface area contributed by atoms with Crippen LogP contribution in [0, 0.1) is 32.8 Å². The number of hydrogen-bond acceptors (Lipinski definition) is 7. The van der Waals surface area contributed by atoms with Crippen molar-refractivity contribution in [2.75, 3.05) is 12.4 Å². The number of nitro benzene ring substituents is 1. The van der Waals surface area contributed by atoms with Gasteiger partial charge < -0.3 is 4.74 Å². The number of nitrogens with zero attached hydrogens (tertiary/aromatic N) is 2. The SMILES string of the molecule is CC(C)(C)C(=O)C(C#N)C(=O)c1ccc(OCCS)cc1[N+](=O)[O-]. The number of ketones is 2. The molecule has 0 aliphatic heterocycles. The number of benzene rings is 1. The van der Waals surface area contributed by atoms with Gasteiger partial charge in [0.05, 0.1) is 29.2 Å². The highest BCUT2D eigenvalue weighted by atomic mass is 32.1. The second-order valence-corrected chi connectivity index (χ2v) is 6.50. The first kappa shape index (κ1) is 19.6. The Balaban J connectivity index is 3.29. The van der Waals surface area contributed by atoms with Crippen molar-refractivity contribution in [3.05, 3.63) is 33.9 Å². The predicted octanol–water partition coefficient (Wildman–Crippen LogP) is 2.84. The van der Waals surface area contributed by atoms with E-state index < -0.39 is 33.5 Å². The van der Waals surface area contributed by atoms with Gasteiger partial charge in [0.2, 0.25) is 0 Å². The maximum absolute atomic E-state index is 12.5. The minimum atomic E-state index is -1.59. The number of ether oxygens (including phenoxy) is 1. The Morgan fingerprint density at radius 3 is 2.50 bits per heavy atom. The highest BCUT2D eigenvalue weighted by molar-refractivity contribution is 7.80. The Labute approximate surface area is 145 Å². The fraction of sp³-hybridized carbons (Fsp3) is 0.438. The van der Waals surface area contributed by atoms with Gasteiger partial charge in [-0.3, -0.25) is 19.7 Å². The minimum absolute atomic E-state index is 0.211. The van der Waals surface area contributed by atoms with E-state index in [9.17, 15) is 25.0 Å². The molecule has 0 bridgehead atoms. The van der Waals surface area contributed by atoms with Gasteiger partial charge in [0.25, 0.3) is 5.69 Å². The lowest BCUT2D eigenvalue weighted by Crippen LogP contribution is -2.33. The van der Waals surface area contributed by atoms with Crippen LogP contribution in [0.2, 0.25) is 0 Å². The third-order valence-electron chi connectivity index (χ3n) is 3.18. The molecule has 0 aliphatic carbocycles. The molecular formula is C16H18N2O5S. The van der Waals surface area contributed by atoms with Gasteiger partial charge in [-0.2, -0.15) is 17.9 Å². The summed E-state index contributed by atoms with van der Waals surface area (Å²) >= 11 is 3.97. The molecule has 1 aromatic rings. The average Bonchev–Trinajstić information content (AvgIpc) is 2.52. The van der Waals surface area contributed by atoms with Crippen molar-refractivity contribution in [2.24, 2.45) is 11.3 Å². The second-order valence-electron chi connectivity index (χ2n) is 6.05. The summed E-state index contributed by atoms with van der Waals surface area (Å²) in [6, 6.07) is 5.35. The minimum Gasteiger partial charge on any atom is -0.492 e. The molecule has 0 amide bonds. The molecule has 0 aliphatic rings. The smallest absolute Gasteiger partial charge is 0.283 e. The molecule has 0 aromatic heterocycles. The Kier molecular flexibility index (Phi) is 6.49. The zero-order chi connectivity index (χ0) is 18.5. The Morgan fingerprint density at radius 2 is 2.04 bits per heavy atom. The van der Waals surface area contributed by atoms with Gasteiger partial charge in [-0.15, -0.1) is 0 Å². The van der Waals surface area contributed by atoms with Crippen molar-refractivity contribution in [1.29, 1.82) is 5.26 Å². The number of hydrogen-bond donors (Lipinski definition) is 1. The summed E-state index contributed by atoms with van der Waals surface area (Å²) in [6.07, 6.45) is 0. The van der Waals surface area contributed by atoms with E-state index in [4.69, 9.17) is 4.74 Å². The molecule has 8 heteroatoms. The summed E-state index contributed by atoms with van der Waals surface area (Å²) in [7, 11) is 0. The van der Waals surface area contributed by atoms with Crippen LogP contribution < -0.4 is 4.74 Å². The molecule has 0 heterocycles. The summed E-state index contributed by atoms with van der Waals surface area (Å²) < 4.78 is 5.25. The van der Waals surface area contributed by atoms with Crippen LogP contribution in [0.1, 0.15) is 31.1 Å². The molecule has 0 saturated heterocycles. The first-order valence-electron chi connectivity index (χ1n) is 7.13. The van der Waals surface area contributed by atoms with Gasteiger partial charge in [0, 0.05) is 11.2 Å². The quantitative estimate of drug-likeness (QED) is 0.266. The fourth-order valence-corrected chi connectivity index (χ4v) is 2.04. The molecule has 1 aromatic carbocycles. The van der Waals surface area contributed by atoms with E-state index in [0.717, 1.165) is 6.07 Å². The van der Waals surface area contributed by atoms with Gasteiger partial charge in [0.15, 0.2) is 17.5 Å². The van der Waals surface area contributed by atoms with Crippen molar-refractivity contribution in [3.63, 3.8) is 0 Å². The predicted molar refractivity (Wildman–Crippen MR) is 90.3 cm³/mol. The summed E-state index contributed by atoms with van der Waals surface area (Å²) in [6.45, 7) is 4.98. The monoisotopic (exact) mass is 350 g/mol. The Morgan fingerprint density at radius 1 is 1.42 bits per heavy atom. The summed E-state index contributed by atoms with van der Waals surface area (Å²) in [4.78, 5) is 35.3. The fourth-order valence-electron chi connectivity index (χ4n) is 1.95. The molecule has 0 radical (unpaired) electrons. The first-order chi connectivity index (χ1) is 11.1. The lowest BCUT2D eigenvalue weighted by atomic mass is 9.80. The lowest BCUT2D eigenvalue weighted by Gasteiger charge is -2.19. The van der Waals surface area contributed by atoms with Crippen LogP contribution >= 0.6 is 12.6 Å². The summed E-state index contributed by atoms with van der Waals surface area (Å²) in [5.41, 5.74) is -1.71. The van der Waals surface area contributed by atoms with E-state index in [1.165, 1.54) is 12.1 Å². The van der Waals surface area contributed by atoms with Gasteiger partial charge in [0.1, 0.15) is 5.75 Å². The van der Waals surface area contributed by atoms with Crippen LogP contribution in [-0.4, -0.2) is 28.8 Å². The van der Waals surface area contributed by atoms with E-state index in [-0.39, 0.29) is 17.9 Å². The molecule has 0 saturated carbocycles. The number of carbonyl (C=O) groups excluding carboxylic acids is 2. The normalized spacial score (nSPS) is 12.1. The zero-order valence-electron chi connectivity index (χ0n) is 13.6. The van der Waals surface area contributed by atoms with Crippen LogP contribution in [-0.2, 0) is 4.79 Å². The topological polar surface area (TPSA) is 110 Å². The second kappa shape index (κ2) is 7.93. The van der Waals surface area contributed by atoms with Gasteiger partial charge in [-0.05, 0) is 12.1 Å². The first-order valence-corrected chi connectivity index (χ1v) is 7.77. The molecule has 0 spiro atoms. The van der Waals surface area contributed by atoms with E-state index in [2.05, 4.69) is 12.6 Å². The number of Topliss-reactive ketones (excluding diaryl/α,β-unsaturated/α-hetero) is 2. The highest BCUT2D eigenvalue weighted by Gasteiger charge is 2.37. The third kappa shape index (κ3) is 4.55. The molecule has 0 fully saturated rings. The molecule has 7 nitrogen and oxygen atoms in total. The number of thiol groups is 1. The highest BCUT2D eigenvalue weighted by Crippen LogP contribution is 2.29. The van der Waals surface area contributed by atoms with Gasteiger partial charge in [-0.1, -0.05) is 20.8 Å². The van der Waals surface area contributed by atoms with E-state index in [1.54, 1.807) is 26.8 Å². The standard InChI is InChI=1S/C16H18N2O5S/c1-16(2,3)15(20)12(9-17)14(19)11-5-4-10(23-6-7-24)8-13(11)18(21)22/h4-5,8,12,24H,6-7H2,1-3H3. The Hall–Kier alpha value is -2.40. The van der Waals surface area contributed by atoms with Crippen molar-refractivity contribution in [2.45, 2.75) is 20.8 Å². The molecule has 1 unspecified atom stereocenters. The van der Waals surface area contributed by atoms with Crippen LogP contribution in [0.25, 0.3) is 0 Å². The van der Waals surface area contributed by atoms with E-state index in [0.29, 0.717) is 5.75 Å². The number of nitriles is 1. The lowest BCUT2D eigenvalue weighted by molar-refractivity contribution is -0.385. The van der Waals surface area contributed by atoms with Crippen LogP contribution in [0.4, 0.5) is 5.69 Å². The van der Waals surface area contributed by atoms with Gasteiger partial charge in [-0.25, -0.2) is 0 Å². The largest absolute Gasteiger partial charge is 0.492 e. The molecular weight excluding hydrogens is 332 g/mol. The maximum atomic E-state index is 12.5. The molecule has 128 valence electrons. The average molecular weight is 350 g/mol. The number of rotatable bonds is 7. The molecule has 1 atom stereocenters. The third-order valence-corrected chi connectivity index (χ3v) is 3.37. The van der Waals surface area contributed by atoms with E-state index >= 15 is 0 Å². The van der Waals surface area contributed by atoms with Crippen LogP contribution in [0.3, 0.4) is 0 Å². The van der Waals surface area contributed by atoms with Crippen molar-refractivity contribution >= 4 is 29.9 Å². The molecule has 1 rings (SSSR count). The van der Waals surface area contributed by atoms with Crippen LogP contribution in [0.15, 0.2) is 18.2 Å². The Bertz CT molecular complexity index is 703. The van der Waals surface area contributed by atoms with Crippen molar-refractivity contribution in [3.8, 4) is 11.8 Å². The maximum Gasteiger partial charge on any atom is 0.283 e. The van der Waals surface area contributed by atoms with E-state index in [1.807, 2.05) is 0 Å². The zero-order valence-corrected chi connectivity index (χ0v) is 14.5. The van der Waals surface area contributed by atoms with Crippen molar-refractivity contribution in [1.82, 2.24) is 0 Å². The number of nitro groups is 1. The van der Waals surface area contributed by atoms with Crippen molar-refractivity contribution < 1.29 is 19.2 Å².